The molecule has 0 aromatic rings. The molecule has 0 unspecified atom stereocenters. The van der Waals surface area contributed by atoms with E-state index in [0.29, 0.717) is 0 Å². The van der Waals surface area contributed by atoms with Crippen molar-refractivity contribution >= 4 is 5.97 Å². The lowest BCUT2D eigenvalue weighted by molar-refractivity contribution is -0.137. The van der Waals surface area contributed by atoms with E-state index in [0.717, 1.165) is 44.9 Å². The van der Waals surface area contributed by atoms with Crippen molar-refractivity contribution in [3.8, 4) is 0 Å². The number of unbranched alkanes of at least 4 members (excludes halogenated alkanes) is 1. The number of hydrogen-bond donors (Lipinski definition) is 1. The number of aliphatic carboxylic acids is 1. The predicted molar refractivity (Wildman–Crippen MR) is 95.9 cm³/mol. The molecular weight excluding hydrogens is 272 g/mol. The molecular formula is C20H30O2. The molecule has 0 heterocycles. The molecule has 0 aliphatic rings. The van der Waals surface area contributed by atoms with Crippen LogP contribution < -0.4 is 0 Å². The van der Waals surface area contributed by atoms with Crippen molar-refractivity contribution in [2.75, 3.05) is 0 Å². The van der Waals surface area contributed by atoms with Crippen LogP contribution in [0.1, 0.15) is 58.3 Å². The average molecular weight is 302 g/mol. The smallest absolute Gasteiger partial charge is 0.303 e. The fourth-order valence-corrected chi connectivity index (χ4v) is 1.74. The Labute approximate surface area is 135 Å². The van der Waals surface area contributed by atoms with Crippen LogP contribution >= 0.6 is 0 Å². The first-order valence-corrected chi connectivity index (χ1v) is 8.24. The maximum absolute atomic E-state index is 10.3. The molecule has 0 aliphatic heterocycles. The van der Waals surface area contributed by atoms with E-state index >= 15 is 0 Å². The van der Waals surface area contributed by atoms with Gasteiger partial charge in [-0.25, -0.2) is 0 Å². The number of carboxylic acid groups (broad SMARTS) is 1. The van der Waals surface area contributed by atoms with Crippen LogP contribution in [0.15, 0.2) is 60.8 Å². The van der Waals surface area contributed by atoms with E-state index in [1.54, 1.807) is 0 Å². The molecule has 2 nitrogen and oxygen atoms in total. The number of carboxylic acids is 1. The van der Waals surface area contributed by atoms with Crippen molar-refractivity contribution in [2.24, 2.45) is 0 Å². The molecule has 0 amide bonds. The Bertz CT molecular complexity index is 398. The van der Waals surface area contributed by atoms with E-state index in [-0.39, 0.29) is 6.42 Å². The molecule has 0 fully saturated rings. The first-order valence-electron chi connectivity index (χ1n) is 8.24. The Hall–Kier alpha value is -1.83. The van der Waals surface area contributed by atoms with Gasteiger partial charge in [0.1, 0.15) is 0 Å². The molecule has 0 atom stereocenters. The summed E-state index contributed by atoms with van der Waals surface area (Å²) in [4.78, 5) is 10.3. The van der Waals surface area contributed by atoms with Gasteiger partial charge in [0.25, 0.3) is 0 Å². The van der Waals surface area contributed by atoms with Gasteiger partial charge in [-0.15, -0.1) is 0 Å². The van der Waals surface area contributed by atoms with E-state index in [9.17, 15) is 4.79 Å². The van der Waals surface area contributed by atoms with E-state index in [1.807, 2.05) is 0 Å². The number of rotatable bonds is 13. The standard InChI is InChI=1S/C20H30O2/c1-2-3-4-5-6-7-8-9-10-11-12-13-14-15-16-17-18-19-20(21)22/h3-4,6-7,9-10,12-13,15-16H,2,5,8,11,14,17-19H2,1H3,(H,21,22)/b4-3-,7-6+,10-9+,13-12+,16-15-. The van der Waals surface area contributed by atoms with Gasteiger partial charge in [-0.3, -0.25) is 4.79 Å². The van der Waals surface area contributed by atoms with E-state index in [2.05, 4.69) is 67.7 Å². The maximum Gasteiger partial charge on any atom is 0.303 e. The van der Waals surface area contributed by atoms with Gasteiger partial charge in [-0.1, -0.05) is 67.7 Å². The summed E-state index contributed by atoms with van der Waals surface area (Å²) in [5.74, 6) is -0.715. The molecule has 22 heavy (non-hydrogen) atoms. The van der Waals surface area contributed by atoms with Crippen molar-refractivity contribution in [2.45, 2.75) is 58.3 Å². The molecule has 0 bridgehead atoms. The second-order valence-electron chi connectivity index (χ2n) is 4.99. The van der Waals surface area contributed by atoms with Crippen LogP contribution in [0.2, 0.25) is 0 Å². The summed E-state index contributed by atoms with van der Waals surface area (Å²) in [7, 11) is 0. The second-order valence-corrected chi connectivity index (χ2v) is 4.99. The molecule has 0 aromatic carbocycles. The van der Waals surface area contributed by atoms with Crippen LogP contribution in [-0.4, -0.2) is 11.1 Å². The lowest BCUT2D eigenvalue weighted by atomic mass is 10.2. The molecule has 0 aromatic heterocycles. The normalized spacial score (nSPS) is 12.8. The molecule has 0 spiro atoms. The summed E-state index contributed by atoms with van der Waals surface area (Å²) in [6, 6.07) is 0. The fourth-order valence-electron chi connectivity index (χ4n) is 1.74. The molecule has 0 radical (unpaired) electrons. The quantitative estimate of drug-likeness (QED) is 0.335. The van der Waals surface area contributed by atoms with Crippen LogP contribution in [-0.2, 0) is 4.79 Å². The summed E-state index contributed by atoms with van der Waals surface area (Å²) in [5, 5.41) is 8.49. The monoisotopic (exact) mass is 302 g/mol. The highest BCUT2D eigenvalue weighted by molar-refractivity contribution is 5.66. The Balaban J connectivity index is 3.46. The highest BCUT2D eigenvalue weighted by Gasteiger charge is 1.92. The largest absolute Gasteiger partial charge is 0.481 e. The predicted octanol–water partition coefficient (Wildman–Crippen LogP) is 5.99. The summed E-state index contributed by atoms with van der Waals surface area (Å²) in [6.07, 6.45) is 28.4. The topological polar surface area (TPSA) is 37.3 Å². The molecule has 1 N–H and O–H groups in total. The Kier molecular flexibility index (Phi) is 15.8. The number of hydrogen-bond acceptors (Lipinski definition) is 1. The fraction of sp³-hybridized carbons (Fsp3) is 0.450. The SMILES string of the molecule is CC/C=C\C/C=C/C/C=C/C/C=C/C/C=C\CCCC(=O)O. The third-order valence-electron chi connectivity index (χ3n) is 2.92. The van der Waals surface area contributed by atoms with Crippen LogP contribution in [0.25, 0.3) is 0 Å². The molecule has 0 aliphatic carbocycles. The van der Waals surface area contributed by atoms with E-state index < -0.39 is 5.97 Å². The maximum atomic E-state index is 10.3. The average Bonchev–Trinajstić information content (AvgIpc) is 2.50. The first kappa shape index (κ1) is 20.2. The van der Waals surface area contributed by atoms with Crippen molar-refractivity contribution in [1.29, 1.82) is 0 Å². The van der Waals surface area contributed by atoms with Crippen LogP contribution in [0.5, 0.6) is 0 Å². The van der Waals surface area contributed by atoms with Gasteiger partial charge in [0.15, 0.2) is 0 Å². The minimum Gasteiger partial charge on any atom is -0.481 e. The Morgan fingerprint density at radius 1 is 0.727 bits per heavy atom. The van der Waals surface area contributed by atoms with E-state index in [1.165, 1.54) is 0 Å². The van der Waals surface area contributed by atoms with Gasteiger partial charge in [0.05, 0.1) is 0 Å². The molecule has 0 saturated carbocycles. The van der Waals surface area contributed by atoms with Gasteiger partial charge >= 0.3 is 5.97 Å². The van der Waals surface area contributed by atoms with Crippen molar-refractivity contribution in [3.05, 3.63) is 60.8 Å². The van der Waals surface area contributed by atoms with Crippen molar-refractivity contribution in [3.63, 3.8) is 0 Å². The van der Waals surface area contributed by atoms with Gasteiger partial charge in [-0.2, -0.15) is 0 Å². The zero-order chi connectivity index (χ0) is 16.3. The molecule has 2 heteroatoms. The van der Waals surface area contributed by atoms with Crippen molar-refractivity contribution < 1.29 is 9.90 Å². The van der Waals surface area contributed by atoms with E-state index in [4.69, 9.17) is 5.11 Å². The number of carbonyl (C=O) groups is 1. The van der Waals surface area contributed by atoms with Gasteiger partial charge in [0.2, 0.25) is 0 Å². The highest BCUT2D eigenvalue weighted by Crippen LogP contribution is 1.99. The zero-order valence-electron chi connectivity index (χ0n) is 13.8. The van der Waals surface area contributed by atoms with Crippen LogP contribution in [0, 0.1) is 0 Å². The van der Waals surface area contributed by atoms with Gasteiger partial charge in [0, 0.05) is 6.42 Å². The molecule has 0 saturated heterocycles. The summed E-state index contributed by atoms with van der Waals surface area (Å²) < 4.78 is 0. The third-order valence-corrected chi connectivity index (χ3v) is 2.92. The number of allylic oxidation sites excluding steroid dienone is 10. The Morgan fingerprint density at radius 3 is 1.55 bits per heavy atom. The minimum atomic E-state index is -0.715. The lowest BCUT2D eigenvalue weighted by Crippen LogP contribution is -1.92. The molecule has 122 valence electrons. The lowest BCUT2D eigenvalue weighted by Gasteiger charge is -1.89. The zero-order valence-corrected chi connectivity index (χ0v) is 13.8. The second kappa shape index (κ2) is 17.2. The summed E-state index contributed by atoms with van der Waals surface area (Å²) >= 11 is 0. The van der Waals surface area contributed by atoms with Crippen LogP contribution in [0.4, 0.5) is 0 Å². The van der Waals surface area contributed by atoms with Crippen molar-refractivity contribution in [1.82, 2.24) is 0 Å². The third kappa shape index (κ3) is 18.2. The molecule has 0 rings (SSSR count). The summed E-state index contributed by atoms with van der Waals surface area (Å²) in [6.45, 7) is 2.14. The van der Waals surface area contributed by atoms with Gasteiger partial charge < -0.3 is 5.11 Å². The minimum absolute atomic E-state index is 0.258. The van der Waals surface area contributed by atoms with Crippen LogP contribution in [0.3, 0.4) is 0 Å². The Morgan fingerprint density at radius 2 is 1.14 bits per heavy atom. The first-order chi connectivity index (χ1) is 10.8. The summed E-state index contributed by atoms with van der Waals surface area (Å²) in [5.41, 5.74) is 0. The van der Waals surface area contributed by atoms with Gasteiger partial charge in [-0.05, 0) is 44.9 Å². The highest BCUT2D eigenvalue weighted by atomic mass is 16.4.